The highest BCUT2D eigenvalue weighted by molar-refractivity contribution is 6.29. The van der Waals surface area contributed by atoms with Crippen molar-refractivity contribution in [3.63, 3.8) is 0 Å². The van der Waals surface area contributed by atoms with E-state index in [0.29, 0.717) is 16.2 Å². The molecule has 0 unspecified atom stereocenters. The second kappa shape index (κ2) is 2.10. The number of aromatic amines is 2. The van der Waals surface area contributed by atoms with E-state index in [1.165, 1.54) is 0 Å². The van der Waals surface area contributed by atoms with E-state index in [0.717, 1.165) is 0 Å². The molecule has 0 saturated heterocycles. The molecule has 2 N–H and O–H groups in total. The molecular weight excluding hydrogens is 166 g/mol. The van der Waals surface area contributed by atoms with Gasteiger partial charge in [-0.2, -0.15) is 0 Å². The summed E-state index contributed by atoms with van der Waals surface area (Å²) in [5.41, 5.74) is 0.763. The number of H-pyrrole nitrogens is 2. The van der Waals surface area contributed by atoms with Gasteiger partial charge in [0, 0.05) is 0 Å². The van der Waals surface area contributed by atoms with Crippen LogP contribution in [-0.4, -0.2) is 15.2 Å². The van der Waals surface area contributed by atoms with Crippen LogP contribution in [-0.2, 0) is 0 Å². The molecule has 4 nitrogen and oxygen atoms in total. The average Bonchev–Trinajstić information content (AvgIpc) is 2.33. The largest absolute Gasteiger partial charge is 0.296 e. The van der Waals surface area contributed by atoms with Gasteiger partial charge < -0.3 is 0 Å². The Morgan fingerprint density at radius 1 is 1.36 bits per heavy atom. The number of nitrogens with zero attached hydrogens (tertiary/aromatic N) is 1. The van der Waals surface area contributed by atoms with Crippen LogP contribution in [0.25, 0.3) is 11.0 Å². The standard InChI is InChI=1S/C6H4ClN3O/c7-4-2-1-3-5(8-4)6(11)10-9-3/h1-2H,(H2,9,10,11). The summed E-state index contributed by atoms with van der Waals surface area (Å²) in [6, 6.07) is 3.32. The summed E-state index contributed by atoms with van der Waals surface area (Å²) in [7, 11) is 0. The third kappa shape index (κ3) is 0.914. The molecule has 0 radical (unpaired) electrons. The predicted octanol–water partition coefficient (Wildman–Crippen LogP) is 0.905. The van der Waals surface area contributed by atoms with E-state index in [2.05, 4.69) is 15.2 Å². The molecule has 0 amide bonds. The van der Waals surface area contributed by atoms with E-state index in [4.69, 9.17) is 11.6 Å². The fourth-order valence-electron chi connectivity index (χ4n) is 0.893. The number of nitrogens with one attached hydrogen (secondary N) is 2. The first-order chi connectivity index (χ1) is 5.27. The quantitative estimate of drug-likeness (QED) is 0.576. The van der Waals surface area contributed by atoms with Gasteiger partial charge in [-0.25, -0.2) is 4.98 Å². The SMILES string of the molecule is O=c1[nH][nH]c2ccc(Cl)nc12. The zero-order valence-electron chi connectivity index (χ0n) is 5.39. The van der Waals surface area contributed by atoms with Crippen molar-refractivity contribution in [1.82, 2.24) is 15.2 Å². The van der Waals surface area contributed by atoms with Gasteiger partial charge in [0.25, 0.3) is 5.56 Å². The van der Waals surface area contributed by atoms with Crippen molar-refractivity contribution in [2.75, 3.05) is 0 Å². The first-order valence-electron chi connectivity index (χ1n) is 3.00. The van der Waals surface area contributed by atoms with Gasteiger partial charge in [0.1, 0.15) is 5.15 Å². The summed E-state index contributed by atoms with van der Waals surface area (Å²) in [6.45, 7) is 0. The smallest absolute Gasteiger partial charge is 0.290 e. The molecule has 2 heterocycles. The third-order valence-electron chi connectivity index (χ3n) is 1.39. The first-order valence-corrected chi connectivity index (χ1v) is 3.38. The lowest BCUT2D eigenvalue weighted by atomic mass is 10.4. The highest BCUT2D eigenvalue weighted by atomic mass is 35.5. The van der Waals surface area contributed by atoms with E-state index in [1.807, 2.05) is 0 Å². The lowest BCUT2D eigenvalue weighted by Crippen LogP contribution is -1.99. The van der Waals surface area contributed by atoms with Crippen LogP contribution in [0, 0.1) is 0 Å². The summed E-state index contributed by atoms with van der Waals surface area (Å²) in [4.78, 5) is 14.7. The number of halogens is 1. The zero-order valence-corrected chi connectivity index (χ0v) is 6.14. The molecule has 0 aliphatic carbocycles. The van der Waals surface area contributed by atoms with Crippen LogP contribution < -0.4 is 5.56 Å². The summed E-state index contributed by atoms with van der Waals surface area (Å²) in [6.07, 6.45) is 0. The summed E-state index contributed by atoms with van der Waals surface area (Å²) >= 11 is 5.57. The highest BCUT2D eigenvalue weighted by Gasteiger charge is 2.00. The molecule has 0 aliphatic rings. The molecule has 0 spiro atoms. The first kappa shape index (κ1) is 6.42. The van der Waals surface area contributed by atoms with E-state index in [-0.39, 0.29) is 5.56 Å². The molecular formula is C6H4ClN3O. The maximum atomic E-state index is 10.9. The topological polar surface area (TPSA) is 61.5 Å². The van der Waals surface area contributed by atoms with Gasteiger partial charge in [0.2, 0.25) is 0 Å². The Morgan fingerprint density at radius 2 is 2.18 bits per heavy atom. The molecule has 0 bridgehead atoms. The van der Waals surface area contributed by atoms with Crippen molar-refractivity contribution in [2.24, 2.45) is 0 Å². The van der Waals surface area contributed by atoms with Gasteiger partial charge in [-0.05, 0) is 12.1 Å². The summed E-state index contributed by atoms with van der Waals surface area (Å²) < 4.78 is 0. The van der Waals surface area contributed by atoms with Crippen LogP contribution in [0.1, 0.15) is 0 Å². The van der Waals surface area contributed by atoms with Gasteiger partial charge in [-0.15, -0.1) is 0 Å². The lowest BCUT2D eigenvalue weighted by molar-refractivity contribution is 1.08. The van der Waals surface area contributed by atoms with Crippen LogP contribution in [0.15, 0.2) is 16.9 Å². The lowest BCUT2D eigenvalue weighted by Gasteiger charge is -1.86. The molecule has 0 atom stereocenters. The van der Waals surface area contributed by atoms with Gasteiger partial charge >= 0.3 is 0 Å². The second-order valence-corrected chi connectivity index (χ2v) is 2.50. The fraction of sp³-hybridized carbons (Fsp3) is 0. The number of pyridine rings is 1. The van der Waals surface area contributed by atoms with Crippen molar-refractivity contribution < 1.29 is 0 Å². The fourth-order valence-corrected chi connectivity index (χ4v) is 1.04. The maximum absolute atomic E-state index is 10.9. The molecule has 11 heavy (non-hydrogen) atoms. The van der Waals surface area contributed by atoms with Crippen LogP contribution in [0.4, 0.5) is 0 Å². The Hall–Kier alpha value is -1.29. The Balaban J connectivity index is 2.99. The number of fused-ring (bicyclic) bond motifs is 1. The van der Waals surface area contributed by atoms with E-state index < -0.39 is 0 Å². The molecule has 2 aromatic rings. The number of rotatable bonds is 0. The van der Waals surface area contributed by atoms with Gasteiger partial charge in [0.05, 0.1) is 5.52 Å². The minimum atomic E-state index is -0.248. The Labute approximate surface area is 66.2 Å². The average molecular weight is 170 g/mol. The van der Waals surface area contributed by atoms with Crippen LogP contribution >= 0.6 is 11.6 Å². The van der Waals surface area contributed by atoms with E-state index in [1.54, 1.807) is 12.1 Å². The van der Waals surface area contributed by atoms with Crippen LogP contribution in [0.3, 0.4) is 0 Å². The normalized spacial score (nSPS) is 10.6. The van der Waals surface area contributed by atoms with E-state index in [9.17, 15) is 4.79 Å². The molecule has 2 rings (SSSR count). The Kier molecular flexibility index (Phi) is 1.22. The van der Waals surface area contributed by atoms with Crippen molar-refractivity contribution >= 4 is 22.6 Å². The molecule has 5 heteroatoms. The van der Waals surface area contributed by atoms with Gasteiger partial charge in [0.15, 0.2) is 5.52 Å². The third-order valence-corrected chi connectivity index (χ3v) is 1.60. The molecule has 0 saturated carbocycles. The van der Waals surface area contributed by atoms with Crippen LogP contribution in [0.5, 0.6) is 0 Å². The van der Waals surface area contributed by atoms with Crippen molar-refractivity contribution in [2.45, 2.75) is 0 Å². The van der Waals surface area contributed by atoms with Crippen molar-refractivity contribution in [3.05, 3.63) is 27.6 Å². The second-order valence-electron chi connectivity index (χ2n) is 2.11. The predicted molar refractivity (Wildman–Crippen MR) is 41.7 cm³/mol. The molecule has 0 aliphatic heterocycles. The molecule has 2 aromatic heterocycles. The molecule has 56 valence electrons. The van der Waals surface area contributed by atoms with Gasteiger partial charge in [-0.3, -0.25) is 15.0 Å². The number of aromatic nitrogens is 3. The minimum absolute atomic E-state index is 0.248. The summed E-state index contributed by atoms with van der Waals surface area (Å²) in [5.74, 6) is 0. The minimum Gasteiger partial charge on any atom is -0.296 e. The Bertz CT molecular complexity index is 444. The van der Waals surface area contributed by atoms with Crippen LogP contribution in [0.2, 0.25) is 5.15 Å². The highest BCUT2D eigenvalue weighted by Crippen LogP contribution is 2.08. The van der Waals surface area contributed by atoms with E-state index >= 15 is 0 Å². The van der Waals surface area contributed by atoms with Crippen molar-refractivity contribution in [1.29, 1.82) is 0 Å². The number of hydrogen-bond acceptors (Lipinski definition) is 2. The van der Waals surface area contributed by atoms with Gasteiger partial charge in [-0.1, -0.05) is 11.6 Å². The maximum Gasteiger partial charge on any atom is 0.290 e. The molecule has 0 aromatic carbocycles. The van der Waals surface area contributed by atoms with Crippen molar-refractivity contribution in [3.8, 4) is 0 Å². The monoisotopic (exact) mass is 169 g/mol. The summed E-state index contributed by atoms with van der Waals surface area (Å²) in [5, 5.41) is 5.38. The zero-order chi connectivity index (χ0) is 7.84. The number of hydrogen-bond donors (Lipinski definition) is 2. The Morgan fingerprint density at radius 3 is 3.00 bits per heavy atom. The molecule has 0 fully saturated rings.